The third kappa shape index (κ3) is 3.58. The highest BCUT2D eigenvalue weighted by molar-refractivity contribution is 6.36. The van der Waals surface area contributed by atoms with Crippen molar-refractivity contribution in [3.05, 3.63) is 70.9 Å². The lowest BCUT2D eigenvalue weighted by molar-refractivity contribution is -0.137. The number of hydrogen-bond acceptors (Lipinski definition) is 4. The molecule has 0 spiro atoms. The Balaban J connectivity index is 1.73. The zero-order valence-electron chi connectivity index (χ0n) is 17.0. The number of fused-ring (bicyclic) bond motifs is 1. The predicted octanol–water partition coefficient (Wildman–Crippen LogP) is 3.56. The molecule has 0 saturated heterocycles. The van der Waals surface area contributed by atoms with Gasteiger partial charge in [-0.05, 0) is 43.9 Å². The Morgan fingerprint density at radius 1 is 1.00 bits per heavy atom. The molecule has 2 amide bonds. The first-order valence-corrected chi connectivity index (χ1v) is 10.2. The van der Waals surface area contributed by atoms with E-state index in [0.29, 0.717) is 44.0 Å². The fourth-order valence-electron chi connectivity index (χ4n) is 4.04. The smallest absolute Gasteiger partial charge is 0.278 e. The minimum absolute atomic E-state index is 0.209. The first-order valence-electron chi connectivity index (χ1n) is 10.2. The minimum atomic E-state index is -0.213. The Kier molecular flexibility index (Phi) is 5.49. The number of hydrogen-bond donors (Lipinski definition) is 0. The van der Waals surface area contributed by atoms with Crippen molar-refractivity contribution in [2.24, 2.45) is 0 Å². The van der Waals surface area contributed by atoms with Crippen molar-refractivity contribution in [1.82, 2.24) is 4.90 Å². The number of carbonyl (C=O) groups is 2. The number of ether oxygens (including phenoxy) is 1. The molecule has 4 rings (SSSR count). The summed E-state index contributed by atoms with van der Waals surface area (Å²) in [5.74, 6) is -0.423. The average Bonchev–Trinajstić information content (AvgIpc) is 3.25. The Labute approximate surface area is 171 Å². The van der Waals surface area contributed by atoms with Crippen molar-refractivity contribution in [3.63, 3.8) is 0 Å². The van der Waals surface area contributed by atoms with Gasteiger partial charge in [0.25, 0.3) is 11.8 Å². The largest absolute Gasteiger partial charge is 0.382 e. The molecule has 0 N–H and O–H groups in total. The van der Waals surface area contributed by atoms with Crippen LogP contribution in [0.3, 0.4) is 0 Å². The summed E-state index contributed by atoms with van der Waals surface area (Å²) in [5.41, 5.74) is 5.14. The number of anilines is 1. The summed E-state index contributed by atoms with van der Waals surface area (Å²) in [6, 6.07) is 15.9. The van der Waals surface area contributed by atoms with Gasteiger partial charge in [-0.3, -0.25) is 14.5 Å². The molecule has 0 unspecified atom stereocenters. The average molecular weight is 390 g/mol. The highest BCUT2D eigenvalue weighted by atomic mass is 16.5. The number of benzene rings is 2. The lowest BCUT2D eigenvalue weighted by Crippen LogP contribution is -2.36. The highest BCUT2D eigenvalue weighted by Gasteiger charge is 2.42. The van der Waals surface area contributed by atoms with Crippen LogP contribution in [0.2, 0.25) is 0 Å². The van der Waals surface area contributed by atoms with Gasteiger partial charge in [-0.25, -0.2) is 0 Å². The van der Waals surface area contributed by atoms with Gasteiger partial charge in [-0.1, -0.05) is 48.0 Å². The maximum absolute atomic E-state index is 13.4. The van der Waals surface area contributed by atoms with Gasteiger partial charge in [0, 0.05) is 32.0 Å². The third-order valence-corrected chi connectivity index (χ3v) is 5.52. The Hall–Kier alpha value is -2.92. The fourth-order valence-corrected chi connectivity index (χ4v) is 4.04. The molecule has 2 heterocycles. The summed E-state index contributed by atoms with van der Waals surface area (Å²) in [6.07, 6.45) is 1.50. The normalized spacial score (nSPS) is 16.2. The quantitative estimate of drug-likeness (QED) is 0.536. The van der Waals surface area contributed by atoms with Crippen LogP contribution in [0.5, 0.6) is 0 Å². The van der Waals surface area contributed by atoms with Crippen LogP contribution in [0.4, 0.5) is 5.69 Å². The van der Waals surface area contributed by atoms with E-state index in [1.165, 1.54) is 10.5 Å². The summed E-state index contributed by atoms with van der Waals surface area (Å²) in [4.78, 5) is 30.1. The SMILES string of the molecule is CCOCCCN1C(=O)C(c2ccc(C)cc2)=C(N2CCc3ccccc32)C1=O. The summed E-state index contributed by atoms with van der Waals surface area (Å²) in [5, 5.41) is 0. The molecule has 2 aromatic rings. The second kappa shape index (κ2) is 8.21. The van der Waals surface area contributed by atoms with Crippen LogP contribution in [-0.2, 0) is 20.7 Å². The molecule has 0 aliphatic carbocycles. The van der Waals surface area contributed by atoms with Gasteiger partial charge in [0.15, 0.2) is 0 Å². The van der Waals surface area contributed by atoms with E-state index in [4.69, 9.17) is 4.74 Å². The summed E-state index contributed by atoms with van der Waals surface area (Å²) in [6.45, 7) is 6.19. The molecule has 5 nitrogen and oxygen atoms in total. The zero-order valence-corrected chi connectivity index (χ0v) is 17.0. The van der Waals surface area contributed by atoms with Gasteiger partial charge < -0.3 is 9.64 Å². The molecule has 0 radical (unpaired) electrons. The van der Waals surface area contributed by atoms with Gasteiger partial charge in [0.1, 0.15) is 5.70 Å². The van der Waals surface area contributed by atoms with E-state index in [9.17, 15) is 9.59 Å². The fraction of sp³-hybridized carbons (Fsp3) is 0.333. The van der Waals surface area contributed by atoms with Gasteiger partial charge in [-0.2, -0.15) is 0 Å². The monoisotopic (exact) mass is 390 g/mol. The van der Waals surface area contributed by atoms with E-state index in [1.807, 2.05) is 61.2 Å². The second-order valence-electron chi connectivity index (χ2n) is 7.43. The maximum Gasteiger partial charge on any atom is 0.278 e. The minimum Gasteiger partial charge on any atom is -0.382 e. The third-order valence-electron chi connectivity index (χ3n) is 5.52. The van der Waals surface area contributed by atoms with Crippen LogP contribution in [0.1, 0.15) is 30.0 Å². The lowest BCUT2D eigenvalue weighted by Gasteiger charge is -2.21. The van der Waals surface area contributed by atoms with Crippen molar-refractivity contribution in [3.8, 4) is 0 Å². The van der Waals surface area contributed by atoms with E-state index in [1.54, 1.807) is 0 Å². The van der Waals surface area contributed by atoms with Crippen LogP contribution in [0.25, 0.3) is 5.57 Å². The number of aryl methyl sites for hydroxylation is 1. The molecule has 0 atom stereocenters. The van der Waals surface area contributed by atoms with E-state index >= 15 is 0 Å². The molecule has 5 heteroatoms. The summed E-state index contributed by atoms with van der Waals surface area (Å²) < 4.78 is 5.39. The van der Waals surface area contributed by atoms with Crippen molar-refractivity contribution >= 4 is 23.1 Å². The number of carbonyl (C=O) groups excluding carboxylic acids is 2. The second-order valence-corrected chi connectivity index (χ2v) is 7.43. The Morgan fingerprint density at radius 2 is 1.76 bits per heavy atom. The molecule has 0 bridgehead atoms. The van der Waals surface area contributed by atoms with Crippen LogP contribution in [0.15, 0.2) is 54.2 Å². The first kappa shape index (κ1) is 19.4. The molecule has 150 valence electrons. The van der Waals surface area contributed by atoms with E-state index in [-0.39, 0.29) is 11.8 Å². The van der Waals surface area contributed by atoms with E-state index in [0.717, 1.165) is 23.2 Å². The van der Waals surface area contributed by atoms with Gasteiger partial charge in [-0.15, -0.1) is 0 Å². The number of para-hydroxylation sites is 1. The standard InChI is InChI=1S/C24H26N2O3/c1-3-29-16-6-14-26-23(27)21(19-11-9-17(2)10-12-19)22(24(26)28)25-15-13-18-7-4-5-8-20(18)25/h4-5,7-12H,3,6,13-16H2,1-2H3. The van der Waals surface area contributed by atoms with E-state index in [2.05, 4.69) is 6.07 Å². The Morgan fingerprint density at radius 3 is 2.52 bits per heavy atom. The molecule has 29 heavy (non-hydrogen) atoms. The number of amides is 2. The molecular weight excluding hydrogens is 364 g/mol. The van der Waals surface area contributed by atoms with Gasteiger partial charge >= 0.3 is 0 Å². The molecule has 2 aromatic carbocycles. The maximum atomic E-state index is 13.4. The molecule has 0 fully saturated rings. The first-order chi connectivity index (χ1) is 14.1. The van der Waals surface area contributed by atoms with Crippen LogP contribution >= 0.6 is 0 Å². The molecule has 2 aliphatic heterocycles. The van der Waals surface area contributed by atoms with Gasteiger partial charge in [0.05, 0.1) is 5.57 Å². The zero-order chi connectivity index (χ0) is 20.4. The predicted molar refractivity (Wildman–Crippen MR) is 113 cm³/mol. The lowest BCUT2D eigenvalue weighted by atomic mass is 10.0. The van der Waals surface area contributed by atoms with Crippen LogP contribution < -0.4 is 4.90 Å². The molecule has 2 aliphatic rings. The van der Waals surface area contributed by atoms with Crippen molar-refractivity contribution < 1.29 is 14.3 Å². The Bertz CT molecular complexity index is 962. The molecular formula is C24H26N2O3. The number of rotatable bonds is 7. The molecule has 0 saturated carbocycles. The number of imide groups is 1. The topological polar surface area (TPSA) is 49.9 Å². The van der Waals surface area contributed by atoms with E-state index < -0.39 is 0 Å². The molecule has 0 aromatic heterocycles. The summed E-state index contributed by atoms with van der Waals surface area (Å²) >= 11 is 0. The van der Waals surface area contributed by atoms with Crippen LogP contribution in [0, 0.1) is 6.92 Å². The van der Waals surface area contributed by atoms with Gasteiger partial charge in [0.2, 0.25) is 0 Å². The summed E-state index contributed by atoms with van der Waals surface area (Å²) in [7, 11) is 0. The highest BCUT2D eigenvalue weighted by Crippen LogP contribution is 2.38. The van der Waals surface area contributed by atoms with Crippen molar-refractivity contribution in [2.45, 2.75) is 26.7 Å². The van der Waals surface area contributed by atoms with Crippen molar-refractivity contribution in [1.29, 1.82) is 0 Å². The van der Waals surface area contributed by atoms with Crippen molar-refractivity contribution in [2.75, 3.05) is 31.2 Å². The number of nitrogens with zero attached hydrogens (tertiary/aromatic N) is 2. The van der Waals surface area contributed by atoms with Crippen LogP contribution in [-0.4, -0.2) is 43.0 Å².